The number of amides is 1. The molecule has 6 nitrogen and oxygen atoms in total. The fraction of sp³-hybridized carbons (Fsp3) is 0.533. The maximum absolute atomic E-state index is 12.7. The second kappa shape index (κ2) is 7.71. The van der Waals surface area contributed by atoms with Gasteiger partial charge in [-0.05, 0) is 18.4 Å². The van der Waals surface area contributed by atoms with Gasteiger partial charge in [0.15, 0.2) is 0 Å². The molecule has 22 heavy (non-hydrogen) atoms. The van der Waals surface area contributed by atoms with Crippen LogP contribution in [0.15, 0.2) is 30.3 Å². The normalized spacial score (nSPS) is 16.7. The fourth-order valence-corrected chi connectivity index (χ4v) is 3.56. The highest BCUT2D eigenvalue weighted by Gasteiger charge is 2.30. The molecule has 1 atom stereocenters. The molecule has 1 aliphatic heterocycles. The van der Waals surface area contributed by atoms with Gasteiger partial charge < -0.3 is 9.64 Å². The summed E-state index contributed by atoms with van der Waals surface area (Å²) in [6.45, 7) is 1.46. The lowest BCUT2D eigenvalue weighted by Crippen LogP contribution is -2.42. The average molecular weight is 326 g/mol. The number of nitrogens with one attached hydrogen (secondary N) is 1. The molecule has 7 heteroatoms. The van der Waals surface area contributed by atoms with Gasteiger partial charge in [-0.1, -0.05) is 30.3 Å². The van der Waals surface area contributed by atoms with Gasteiger partial charge in [-0.15, -0.1) is 0 Å². The maximum atomic E-state index is 12.7. The van der Waals surface area contributed by atoms with Gasteiger partial charge in [0, 0.05) is 20.2 Å². The standard InChI is InChI=1S/C15H22N2O4S/c1-21-11-12-22(19,20)16-14(13-7-3-2-4-8-13)15(18)17-9-5-6-10-17/h2-4,7-8,14,16H,5-6,9-12H2,1H3/t14-/m0/s1. The molecule has 0 aliphatic carbocycles. The van der Waals surface area contributed by atoms with Crippen LogP contribution in [-0.2, 0) is 19.6 Å². The van der Waals surface area contributed by atoms with Crippen molar-refractivity contribution in [3.63, 3.8) is 0 Å². The number of methoxy groups -OCH3 is 1. The van der Waals surface area contributed by atoms with Crippen molar-refractivity contribution in [3.05, 3.63) is 35.9 Å². The van der Waals surface area contributed by atoms with Crippen LogP contribution in [0, 0.1) is 0 Å². The quantitative estimate of drug-likeness (QED) is 0.808. The monoisotopic (exact) mass is 326 g/mol. The van der Waals surface area contributed by atoms with Crippen molar-refractivity contribution in [1.82, 2.24) is 9.62 Å². The highest BCUT2D eigenvalue weighted by molar-refractivity contribution is 7.89. The van der Waals surface area contributed by atoms with Gasteiger partial charge in [0.2, 0.25) is 15.9 Å². The van der Waals surface area contributed by atoms with E-state index in [0.29, 0.717) is 18.7 Å². The number of rotatable bonds is 7. The van der Waals surface area contributed by atoms with E-state index in [1.54, 1.807) is 29.2 Å². The number of hydrogen-bond donors (Lipinski definition) is 1. The van der Waals surface area contributed by atoms with Crippen molar-refractivity contribution in [3.8, 4) is 0 Å². The lowest BCUT2D eigenvalue weighted by molar-refractivity contribution is -0.132. The molecule has 0 radical (unpaired) electrons. The molecule has 0 aromatic heterocycles. The molecule has 0 bridgehead atoms. The van der Waals surface area contributed by atoms with Gasteiger partial charge in [-0.2, -0.15) is 4.72 Å². The molecule has 1 saturated heterocycles. The number of likely N-dealkylation sites (tertiary alicyclic amines) is 1. The minimum atomic E-state index is -3.59. The molecular formula is C15H22N2O4S. The first-order valence-corrected chi connectivity index (χ1v) is 9.01. The lowest BCUT2D eigenvalue weighted by Gasteiger charge is -2.24. The predicted molar refractivity (Wildman–Crippen MR) is 83.8 cm³/mol. The Hall–Kier alpha value is -1.44. The third-order valence-electron chi connectivity index (χ3n) is 3.65. The smallest absolute Gasteiger partial charge is 0.245 e. The van der Waals surface area contributed by atoms with Crippen LogP contribution in [0.25, 0.3) is 0 Å². The maximum Gasteiger partial charge on any atom is 0.245 e. The number of nitrogens with zero attached hydrogens (tertiary/aromatic N) is 1. The van der Waals surface area contributed by atoms with Crippen molar-refractivity contribution in [2.45, 2.75) is 18.9 Å². The van der Waals surface area contributed by atoms with E-state index in [1.807, 2.05) is 6.07 Å². The Morgan fingerprint density at radius 3 is 2.50 bits per heavy atom. The molecule has 1 heterocycles. The Balaban J connectivity index is 2.20. The third-order valence-corrected chi connectivity index (χ3v) is 4.95. The molecule has 0 unspecified atom stereocenters. The van der Waals surface area contributed by atoms with Crippen LogP contribution in [-0.4, -0.2) is 51.8 Å². The van der Waals surface area contributed by atoms with Crippen molar-refractivity contribution < 1.29 is 17.9 Å². The molecule has 0 spiro atoms. The summed E-state index contributed by atoms with van der Waals surface area (Å²) < 4.78 is 31.6. The van der Waals surface area contributed by atoms with Crippen LogP contribution in [0.1, 0.15) is 24.4 Å². The Morgan fingerprint density at radius 2 is 1.91 bits per heavy atom. The van der Waals surface area contributed by atoms with Gasteiger partial charge in [-0.3, -0.25) is 4.79 Å². The second-order valence-corrected chi connectivity index (χ2v) is 7.18. The Kier molecular flexibility index (Phi) is 5.93. The number of benzene rings is 1. The number of sulfonamides is 1. The molecule has 0 saturated carbocycles. The molecule has 1 fully saturated rings. The first-order valence-electron chi connectivity index (χ1n) is 7.36. The number of carbonyl (C=O) groups is 1. The predicted octanol–water partition coefficient (Wildman–Crippen LogP) is 0.916. The zero-order chi connectivity index (χ0) is 16.0. The Morgan fingerprint density at radius 1 is 1.27 bits per heavy atom. The van der Waals surface area contributed by atoms with Crippen molar-refractivity contribution in [1.29, 1.82) is 0 Å². The molecular weight excluding hydrogens is 304 g/mol. The fourth-order valence-electron chi connectivity index (χ4n) is 2.46. The third kappa shape index (κ3) is 4.53. The molecule has 1 amide bonds. The van der Waals surface area contributed by atoms with Gasteiger partial charge in [0.05, 0.1) is 12.4 Å². The van der Waals surface area contributed by atoms with Gasteiger partial charge in [0.25, 0.3) is 0 Å². The zero-order valence-electron chi connectivity index (χ0n) is 12.7. The molecule has 2 rings (SSSR count). The van der Waals surface area contributed by atoms with Crippen LogP contribution >= 0.6 is 0 Å². The first kappa shape index (κ1) is 16.9. The number of hydrogen-bond acceptors (Lipinski definition) is 4. The van der Waals surface area contributed by atoms with Gasteiger partial charge in [0.1, 0.15) is 6.04 Å². The summed E-state index contributed by atoms with van der Waals surface area (Å²) in [6.07, 6.45) is 1.92. The highest BCUT2D eigenvalue weighted by Crippen LogP contribution is 2.20. The van der Waals surface area contributed by atoms with Crippen molar-refractivity contribution >= 4 is 15.9 Å². The highest BCUT2D eigenvalue weighted by atomic mass is 32.2. The lowest BCUT2D eigenvalue weighted by atomic mass is 10.1. The Bertz CT molecular complexity index is 583. The molecule has 1 aromatic carbocycles. The molecule has 1 N–H and O–H groups in total. The zero-order valence-corrected chi connectivity index (χ0v) is 13.5. The van der Waals surface area contributed by atoms with Gasteiger partial charge >= 0.3 is 0 Å². The van der Waals surface area contributed by atoms with Crippen molar-refractivity contribution in [2.24, 2.45) is 0 Å². The summed E-state index contributed by atoms with van der Waals surface area (Å²) >= 11 is 0. The number of carbonyl (C=O) groups excluding carboxylic acids is 1. The van der Waals surface area contributed by atoms with Crippen molar-refractivity contribution in [2.75, 3.05) is 32.6 Å². The van der Waals surface area contributed by atoms with E-state index in [1.165, 1.54) is 7.11 Å². The van der Waals surface area contributed by atoms with Crippen LogP contribution < -0.4 is 4.72 Å². The summed E-state index contributed by atoms with van der Waals surface area (Å²) in [4.78, 5) is 14.4. The van der Waals surface area contributed by atoms with Crippen LogP contribution in [0.3, 0.4) is 0 Å². The van der Waals surface area contributed by atoms with E-state index in [-0.39, 0.29) is 18.3 Å². The minimum Gasteiger partial charge on any atom is -0.384 e. The summed E-state index contributed by atoms with van der Waals surface area (Å²) in [5.74, 6) is -0.357. The summed E-state index contributed by atoms with van der Waals surface area (Å²) in [5.41, 5.74) is 0.653. The average Bonchev–Trinajstić information content (AvgIpc) is 3.05. The minimum absolute atomic E-state index is 0.0920. The topological polar surface area (TPSA) is 75.7 Å². The largest absolute Gasteiger partial charge is 0.384 e. The first-order chi connectivity index (χ1) is 10.5. The van der Waals surface area contributed by atoms with E-state index in [4.69, 9.17) is 4.74 Å². The van der Waals surface area contributed by atoms with E-state index in [0.717, 1.165) is 12.8 Å². The summed E-state index contributed by atoms with van der Waals surface area (Å²) in [7, 11) is -2.14. The molecule has 1 aliphatic rings. The second-order valence-electron chi connectivity index (χ2n) is 5.31. The van der Waals surface area contributed by atoms with Crippen LogP contribution in [0.5, 0.6) is 0 Å². The van der Waals surface area contributed by atoms with E-state index in [2.05, 4.69) is 4.72 Å². The SMILES string of the molecule is COCCS(=O)(=O)N[C@H](C(=O)N1CCCC1)c1ccccc1. The van der Waals surface area contributed by atoms with E-state index in [9.17, 15) is 13.2 Å². The van der Waals surface area contributed by atoms with E-state index < -0.39 is 16.1 Å². The Labute approximate surface area is 131 Å². The van der Waals surface area contributed by atoms with Crippen LogP contribution in [0.4, 0.5) is 0 Å². The number of ether oxygens (including phenoxy) is 1. The molecule has 1 aromatic rings. The summed E-state index contributed by atoms with van der Waals surface area (Å²) in [6, 6.07) is 8.07. The van der Waals surface area contributed by atoms with E-state index >= 15 is 0 Å². The van der Waals surface area contributed by atoms with Gasteiger partial charge in [-0.25, -0.2) is 8.42 Å². The molecule has 122 valence electrons. The summed E-state index contributed by atoms with van der Waals surface area (Å²) in [5, 5.41) is 0. The van der Waals surface area contributed by atoms with Crippen LogP contribution in [0.2, 0.25) is 0 Å².